The molecule has 1 aromatic rings. The second kappa shape index (κ2) is 4.84. The quantitative estimate of drug-likeness (QED) is 0.819. The third-order valence-corrected chi connectivity index (χ3v) is 2.72. The Bertz CT molecular complexity index is 432. The first-order chi connectivity index (χ1) is 7.73. The van der Waals surface area contributed by atoms with E-state index in [1.807, 2.05) is 45.0 Å². The third-order valence-electron chi connectivity index (χ3n) is 2.49. The lowest BCUT2D eigenvalue weighted by atomic mass is 9.94. The average molecular weight is 250 g/mol. The molecule has 4 heteroatoms. The van der Waals surface area contributed by atoms with Crippen LogP contribution in [0.4, 0.5) is 5.69 Å². The molecule has 0 aromatic heterocycles. The molecule has 0 saturated carbocycles. The van der Waals surface area contributed by atoms with Gasteiger partial charge in [0.2, 0.25) is 5.91 Å². The van der Waals surface area contributed by atoms with Gasteiger partial charge in [-0.25, -0.2) is 0 Å². The summed E-state index contributed by atoms with van der Waals surface area (Å²) in [5.74, 6) is 0.0700. The highest BCUT2D eigenvalue weighted by Gasteiger charge is 2.25. The summed E-state index contributed by atoms with van der Waals surface area (Å²) in [6.45, 7) is 5.69. The van der Waals surface area contributed by atoms with Gasteiger partial charge in [-0.1, -0.05) is 33.0 Å². The monoisotopic (exact) mass is 250 g/mol. The number of anilines is 1. The topological polar surface area (TPSA) is 46.3 Å². The predicted octanol–water partition coefficient (Wildman–Crippen LogP) is 2.33. The Balaban J connectivity index is 2.94. The van der Waals surface area contributed by atoms with E-state index in [1.165, 1.54) is 0 Å². The Kier molecular flexibility index (Phi) is 3.88. The van der Waals surface area contributed by atoms with Gasteiger partial charge < -0.3 is 10.6 Å². The van der Waals surface area contributed by atoms with E-state index in [-0.39, 0.29) is 5.91 Å². The molecular weight excluding hydrogens is 232 g/mol. The van der Waals surface area contributed by atoms with Crippen molar-refractivity contribution >= 4 is 28.8 Å². The van der Waals surface area contributed by atoms with Crippen LogP contribution in [-0.4, -0.2) is 17.9 Å². The second-order valence-electron chi connectivity index (χ2n) is 5.03. The summed E-state index contributed by atoms with van der Waals surface area (Å²) in [7, 11) is 1.77. The van der Waals surface area contributed by atoms with Crippen molar-refractivity contribution in [2.45, 2.75) is 20.8 Å². The van der Waals surface area contributed by atoms with Crippen LogP contribution in [0.3, 0.4) is 0 Å². The van der Waals surface area contributed by atoms with Gasteiger partial charge in [-0.05, 0) is 24.3 Å². The lowest BCUT2D eigenvalue weighted by molar-refractivity contribution is -0.125. The van der Waals surface area contributed by atoms with E-state index in [4.69, 9.17) is 18.0 Å². The third kappa shape index (κ3) is 3.27. The van der Waals surface area contributed by atoms with Gasteiger partial charge in [-0.15, -0.1) is 0 Å². The fraction of sp³-hybridized carbons (Fsp3) is 0.385. The van der Waals surface area contributed by atoms with E-state index in [2.05, 4.69) is 0 Å². The van der Waals surface area contributed by atoms with Gasteiger partial charge in [-0.3, -0.25) is 4.79 Å². The Hall–Kier alpha value is -1.42. The molecule has 1 aromatic carbocycles. The fourth-order valence-corrected chi connectivity index (χ4v) is 1.61. The first-order valence-electron chi connectivity index (χ1n) is 5.41. The number of nitrogens with zero attached hydrogens (tertiary/aromatic N) is 1. The van der Waals surface area contributed by atoms with Crippen LogP contribution in [0.1, 0.15) is 26.3 Å². The van der Waals surface area contributed by atoms with E-state index < -0.39 is 5.41 Å². The molecule has 0 saturated heterocycles. The highest BCUT2D eigenvalue weighted by atomic mass is 32.1. The molecule has 0 heterocycles. The van der Waals surface area contributed by atoms with Crippen LogP contribution in [0.2, 0.25) is 0 Å². The molecule has 0 aliphatic heterocycles. The van der Waals surface area contributed by atoms with Gasteiger partial charge in [0.1, 0.15) is 4.99 Å². The first kappa shape index (κ1) is 13.6. The van der Waals surface area contributed by atoms with Crippen LogP contribution in [0, 0.1) is 5.41 Å². The number of hydrogen-bond acceptors (Lipinski definition) is 2. The Labute approximate surface area is 108 Å². The summed E-state index contributed by atoms with van der Waals surface area (Å²) in [4.78, 5) is 14.1. The molecule has 0 aliphatic rings. The van der Waals surface area contributed by atoms with E-state index in [0.29, 0.717) is 4.99 Å². The van der Waals surface area contributed by atoms with Crippen molar-refractivity contribution in [3.05, 3.63) is 29.8 Å². The minimum Gasteiger partial charge on any atom is -0.389 e. The fourth-order valence-electron chi connectivity index (χ4n) is 1.47. The highest BCUT2D eigenvalue weighted by Crippen LogP contribution is 2.22. The van der Waals surface area contributed by atoms with Gasteiger partial charge in [0.05, 0.1) is 0 Å². The Morgan fingerprint density at radius 1 is 1.24 bits per heavy atom. The molecule has 0 bridgehead atoms. The number of nitrogens with two attached hydrogens (primary N) is 1. The smallest absolute Gasteiger partial charge is 0.232 e. The van der Waals surface area contributed by atoms with Crippen molar-refractivity contribution in [2.75, 3.05) is 11.9 Å². The lowest BCUT2D eigenvalue weighted by Gasteiger charge is -2.26. The van der Waals surface area contributed by atoms with E-state index in [9.17, 15) is 4.79 Å². The number of rotatable bonds is 2. The van der Waals surface area contributed by atoms with Crippen LogP contribution < -0.4 is 10.6 Å². The van der Waals surface area contributed by atoms with Gasteiger partial charge in [0.25, 0.3) is 0 Å². The predicted molar refractivity (Wildman–Crippen MR) is 75.2 cm³/mol. The number of thiocarbonyl (C=S) groups is 1. The zero-order valence-electron chi connectivity index (χ0n) is 10.7. The van der Waals surface area contributed by atoms with Crippen LogP contribution in [0.15, 0.2) is 24.3 Å². The first-order valence-corrected chi connectivity index (χ1v) is 5.82. The van der Waals surface area contributed by atoms with Crippen LogP contribution in [0.5, 0.6) is 0 Å². The number of benzene rings is 1. The molecule has 0 atom stereocenters. The van der Waals surface area contributed by atoms with E-state index in [1.54, 1.807) is 11.9 Å². The zero-order valence-corrected chi connectivity index (χ0v) is 11.5. The van der Waals surface area contributed by atoms with Gasteiger partial charge >= 0.3 is 0 Å². The average Bonchev–Trinajstić information content (AvgIpc) is 2.26. The van der Waals surface area contributed by atoms with Crippen LogP contribution in [-0.2, 0) is 4.79 Å². The maximum atomic E-state index is 12.1. The zero-order chi connectivity index (χ0) is 13.2. The normalized spacial score (nSPS) is 11.1. The molecule has 17 heavy (non-hydrogen) atoms. The molecule has 0 unspecified atom stereocenters. The highest BCUT2D eigenvalue weighted by molar-refractivity contribution is 7.80. The summed E-state index contributed by atoms with van der Waals surface area (Å²) >= 11 is 4.88. The molecule has 0 fully saturated rings. The summed E-state index contributed by atoms with van der Waals surface area (Å²) in [6, 6.07) is 7.34. The molecular formula is C13H18N2OS. The van der Waals surface area contributed by atoms with Crippen molar-refractivity contribution < 1.29 is 4.79 Å². The summed E-state index contributed by atoms with van der Waals surface area (Å²) in [5.41, 5.74) is 6.77. The molecule has 1 rings (SSSR count). The molecule has 0 aliphatic carbocycles. The Morgan fingerprint density at radius 3 is 2.06 bits per heavy atom. The minimum atomic E-state index is -0.392. The molecule has 0 spiro atoms. The number of hydrogen-bond donors (Lipinski definition) is 1. The molecule has 92 valence electrons. The van der Waals surface area contributed by atoms with Gasteiger partial charge in [0.15, 0.2) is 0 Å². The molecule has 1 amide bonds. The molecule has 3 nitrogen and oxygen atoms in total. The SMILES string of the molecule is CN(C(=O)C(C)(C)C)c1ccc(C(N)=S)cc1. The summed E-state index contributed by atoms with van der Waals surface area (Å²) in [5, 5.41) is 0. The van der Waals surface area contributed by atoms with Crippen LogP contribution in [0.25, 0.3) is 0 Å². The van der Waals surface area contributed by atoms with E-state index >= 15 is 0 Å². The number of carbonyl (C=O) groups excluding carboxylic acids is 1. The van der Waals surface area contributed by atoms with Crippen molar-refractivity contribution in [2.24, 2.45) is 11.1 Å². The molecule has 2 N–H and O–H groups in total. The van der Waals surface area contributed by atoms with Crippen molar-refractivity contribution in [1.82, 2.24) is 0 Å². The lowest BCUT2D eigenvalue weighted by Crippen LogP contribution is -2.36. The summed E-state index contributed by atoms with van der Waals surface area (Å²) < 4.78 is 0. The number of carbonyl (C=O) groups is 1. The van der Waals surface area contributed by atoms with Crippen molar-refractivity contribution in [3.8, 4) is 0 Å². The van der Waals surface area contributed by atoms with Crippen LogP contribution >= 0.6 is 12.2 Å². The second-order valence-corrected chi connectivity index (χ2v) is 5.47. The minimum absolute atomic E-state index is 0.0700. The maximum absolute atomic E-state index is 12.1. The van der Waals surface area contributed by atoms with E-state index in [0.717, 1.165) is 11.3 Å². The van der Waals surface area contributed by atoms with Crippen molar-refractivity contribution in [1.29, 1.82) is 0 Å². The van der Waals surface area contributed by atoms with Gasteiger partial charge in [-0.2, -0.15) is 0 Å². The van der Waals surface area contributed by atoms with Gasteiger partial charge in [0, 0.05) is 23.7 Å². The Morgan fingerprint density at radius 2 is 1.71 bits per heavy atom. The largest absolute Gasteiger partial charge is 0.389 e. The maximum Gasteiger partial charge on any atom is 0.232 e. The number of amides is 1. The molecule has 0 radical (unpaired) electrons. The van der Waals surface area contributed by atoms with Crippen molar-refractivity contribution in [3.63, 3.8) is 0 Å². The standard InChI is InChI=1S/C13H18N2OS/c1-13(2,3)12(16)15(4)10-7-5-9(6-8-10)11(14)17/h5-8H,1-4H3,(H2,14,17). The summed E-state index contributed by atoms with van der Waals surface area (Å²) in [6.07, 6.45) is 0.